The van der Waals surface area contributed by atoms with Crippen LogP contribution in [0.2, 0.25) is 0 Å². The van der Waals surface area contributed by atoms with Gasteiger partial charge in [0, 0.05) is 9.40 Å². The van der Waals surface area contributed by atoms with Crippen LogP contribution in [0.15, 0.2) is 59.3 Å². The van der Waals surface area contributed by atoms with Crippen LogP contribution in [-0.4, -0.2) is 11.1 Å². The summed E-state index contributed by atoms with van der Waals surface area (Å²) in [4.78, 5) is 11.8. The van der Waals surface area contributed by atoms with Crippen LogP contribution >= 0.6 is 22.7 Å². The molecule has 0 bridgehead atoms. The number of aliphatic carboxylic acids is 1. The Balaban J connectivity index is 1.64. The SMILES string of the molecule is O=C(O)C(Cc1csc2ccccc12)Cc1csc2ccccc12. The smallest absolute Gasteiger partial charge is 0.307 e. The number of fused-ring (bicyclic) bond motifs is 2. The van der Waals surface area contributed by atoms with Crippen molar-refractivity contribution < 1.29 is 9.90 Å². The molecule has 0 aliphatic rings. The molecule has 2 aromatic heterocycles. The lowest BCUT2D eigenvalue weighted by molar-refractivity contribution is -0.141. The first kappa shape index (κ1) is 15.4. The largest absolute Gasteiger partial charge is 0.481 e. The summed E-state index contributed by atoms with van der Waals surface area (Å²) in [7, 11) is 0. The van der Waals surface area contributed by atoms with Crippen LogP contribution in [0.1, 0.15) is 11.1 Å². The molecule has 0 aliphatic heterocycles. The summed E-state index contributed by atoms with van der Waals surface area (Å²) in [6.45, 7) is 0. The van der Waals surface area contributed by atoms with Gasteiger partial charge in [-0.15, -0.1) is 22.7 Å². The number of hydrogen-bond acceptors (Lipinski definition) is 3. The van der Waals surface area contributed by atoms with Gasteiger partial charge in [-0.05, 0) is 57.6 Å². The highest BCUT2D eigenvalue weighted by Gasteiger charge is 2.21. The van der Waals surface area contributed by atoms with Crippen molar-refractivity contribution in [1.29, 1.82) is 0 Å². The van der Waals surface area contributed by atoms with Gasteiger partial charge in [0.1, 0.15) is 0 Å². The number of carbonyl (C=O) groups is 1. The molecule has 0 saturated heterocycles. The molecule has 0 spiro atoms. The molecule has 2 heterocycles. The monoisotopic (exact) mass is 352 g/mol. The van der Waals surface area contributed by atoms with Gasteiger partial charge in [0.15, 0.2) is 0 Å². The third kappa shape index (κ3) is 2.83. The molecule has 4 aromatic rings. The van der Waals surface area contributed by atoms with E-state index in [9.17, 15) is 9.90 Å². The molecular weight excluding hydrogens is 336 g/mol. The molecule has 4 rings (SSSR count). The van der Waals surface area contributed by atoms with Gasteiger partial charge in [-0.3, -0.25) is 4.79 Å². The lowest BCUT2D eigenvalue weighted by Gasteiger charge is -2.11. The van der Waals surface area contributed by atoms with Gasteiger partial charge in [-0.25, -0.2) is 0 Å². The van der Waals surface area contributed by atoms with Crippen molar-refractivity contribution in [3.8, 4) is 0 Å². The molecule has 2 aromatic carbocycles. The Morgan fingerprint density at radius 2 is 1.29 bits per heavy atom. The van der Waals surface area contributed by atoms with Gasteiger partial charge in [-0.1, -0.05) is 36.4 Å². The molecule has 4 heteroatoms. The van der Waals surface area contributed by atoms with E-state index in [-0.39, 0.29) is 0 Å². The van der Waals surface area contributed by atoms with Crippen molar-refractivity contribution in [2.24, 2.45) is 5.92 Å². The van der Waals surface area contributed by atoms with Crippen molar-refractivity contribution in [1.82, 2.24) is 0 Å². The zero-order valence-electron chi connectivity index (χ0n) is 12.9. The number of hydrogen-bond donors (Lipinski definition) is 1. The normalized spacial score (nSPS) is 11.5. The Labute approximate surface area is 148 Å². The number of rotatable bonds is 5. The fourth-order valence-corrected chi connectivity index (χ4v) is 5.11. The molecule has 0 aliphatic carbocycles. The summed E-state index contributed by atoms with van der Waals surface area (Å²) < 4.78 is 2.44. The predicted molar refractivity (Wildman–Crippen MR) is 102 cm³/mol. The molecule has 0 saturated carbocycles. The van der Waals surface area contributed by atoms with E-state index in [2.05, 4.69) is 35.0 Å². The maximum atomic E-state index is 11.8. The zero-order valence-corrected chi connectivity index (χ0v) is 14.6. The Hall–Kier alpha value is -2.17. The minimum atomic E-state index is -0.722. The molecule has 1 N–H and O–H groups in total. The molecule has 24 heavy (non-hydrogen) atoms. The fourth-order valence-electron chi connectivity index (χ4n) is 3.16. The minimum Gasteiger partial charge on any atom is -0.481 e. The van der Waals surface area contributed by atoms with E-state index in [1.54, 1.807) is 22.7 Å². The second-order valence-corrected chi connectivity index (χ2v) is 7.78. The van der Waals surface area contributed by atoms with E-state index in [1.807, 2.05) is 24.3 Å². The summed E-state index contributed by atoms with van der Waals surface area (Å²) in [6, 6.07) is 16.4. The fraction of sp³-hybridized carbons (Fsp3) is 0.150. The van der Waals surface area contributed by atoms with Crippen LogP contribution in [0.3, 0.4) is 0 Å². The standard InChI is InChI=1S/C20H16O2S2/c21-20(22)13(9-14-11-23-18-7-3-1-5-16(14)18)10-15-12-24-19-8-4-2-6-17(15)19/h1-8,11-13H,9-10H2,(H,21,22). The van der Waals surface area contributed by atoms with Crippen LogP contribution in [0.25, 0.3) is 20.2 Å². The van der Waals surface area contributed by atoms with Crippen molar-refractivity contribution in [2.45, 2.75) is 12.8 Å². The second-order valence-electron chi connectivity index (χ2n) is 5.96. The third-order valence-corrected chi connectivity index (χ3v) is 6.43. The molecule has 0 amide bonds. The van der Waals surface area contributed by atoms with Gasteiger partial charge in [0.2, 0.25) is 0 Å². The molecule has 0 fully saturated rings. The number of thiophene rings is 2. The van der Waals surface area contributed by atoms with Crippen LogP contribution in [0, 0.1) is 5.92 Å². The van der Waals surface area contributed by atoms with Gasteiger partial charge >= 0.3 is 5.97 Å². The first-order chi connectivity index (χ1) is 11.7. The summed E-state index contributed by atoms with van der Waals surface area (Å²) in [5.74, 6) is -1.12. The maximum absolute atomic E-state index is 11.8. The van der Waals surface area contributed by atoms with E-state index < -0.39 is 11.9 Å². The number of benzene rings is 2. The van der Waals surface area contributed by atoms with Crippen molar-refractivity contribution in [3.63, 3.8) is 0 Å². The molecule has 2 nitrogen and oxygen atoms in total. The van der Waals surface area contributed by atoms with Crippen LogP contribution in [0.4, 0.5) is 0 Å². The van der Waals surface area contributed by atoms with Crippen LogP contribution in [-0.2, 0) is 17.6 Å². The van der Waals surface area contributed by atoms with E-state index in [4.69, 9.17) is 0 Å². The lowest BCUT2D eigenvalue weighted by atomic mass is 9.92. The van der Waals surface area contributed by atoms with Gasteiger partial charge in [0.25, 0.3) is 0 Å². The van der Waals surface area contributed by atoms with E-state index in [0.29, 0.717) is 12.8 Å². The first-order valence-corrected chi connectivity index (χ1v) is 9.61. The van der Waals surface area contributed by atoms with Crippen molar-refractivity contribution >= 4 is 48.8 Å². The first-order valence-electron chi connectivity index (χ1n) is 7.85. The van der Waals surface area contributed by atoms with Crippen LogP contribution in [0.5, 0.6) is 0 Å². The summed E-state index contributed by atoms with van der Waals surface area (Å²) in [5, 5.41) is 16.3. The number of carboxylic acid groups (broad SMARTS) is 1. The molecule has 120 valence electrons. The third-order valence-electron chi connectivity index (χ3n) is 4.40. The van der Waals surface area contributed by atoms with E-state index in [0.717, 1.165) is 11.1 Å². The van der Waals surface area contributed by atoms with Crippen molar-refractivity contribution in [3.05, 3.63) is 70.4 Å². The summed E-state index contributed by atoms with van der Waals surface area (Å²) >= 11 is 3.37. The molecule has 0 unspecified atom stereocenters. The lowest BCUT2D eigenvalue weighted by Crippen LogP contribution is -2.18. The molecular formula is C20H16O2S2. The zero-order chi connectivity index (χ0) is 16.5. The Kier molecular flexibility index (Phi) is 4.08. The summed E-state index contributed by atoms with van der Waals surface area (Å²) in [6.07, 6.45) is 1.15. The predicted octanol–water partition coefficient (Wildman–Crippen LogP) is 5.60. The Morgan fingerprint density at radius 3 is 1.75 bits per heavy atom. The van der Waals surface area contributed by atoms with E-state index >= 15 is 0 Å². The van der Waals surface area contributed by atoms with Gasteiger partial charge in [0.05, 0.1) is 5.92 Å². The topological polar surface area (TPSA) is 37.3 Å². The van der Waals surface area contributed by atoms with E-state index in [1.165, 1.54) is 20.2 Å². The minimum absolute atomic E-state index is 0.402. The highest BCUT2D eigenvalue weighted by Crippen LogP contribution is 2.31. The second kappa shape index (κ2) is 6.38. The molecule has 0 radical (unpaired) electrons. The number of carboxylic acids is 1. The average Bonchev–Trinajstić information content (AvgIpc) is 3.19. The average molecular weight is 352 g/mol. The maximum Gasteiger partial charge on any atom is 0.307 e. The quantitative estimate of drug-likeness (QED) is 0.507. The van der Waals surface area contributed by atoms with Crippen LogP contribution < -0.4 is 0 Å². The van der Waals surface area contributed by atoms with Crippen molar-refractivity contribution in [2.75, 3.05) is 0 Å². The van der Waals surface area contributed by atoms with Gasteiger partial charge < -0.3 is 5.11 Å². The Morgan fingerprint density at radius 1 is 0.833 bits per heavy atom. The van der Waals surface area contributed by atoms with Gasteiger partial charge in [-0.2, -0.15) is 0 Å². The summed E-state index contributed by atoms with van der Waals surface area (Å²) in [5.41, 5.74) is 2.28. The highest BCUT2D eigenvalue weighted by molar-refractivity contribution is 7.17. The highest BCUT2D eigenvalue weighted by atomic mass is 32.1. The Bertz CT molecular complexity index is 937. The molecule has 0 atom stereocenters.